The van der Waals surface area contributed by atoms with E-state index in [1.807, 2.05) is 0 Å². The second-order valence-corrected chi connectivity index (χ2v) is 11.0. The zero-order valence-corrected chi connectivity index (χ0v) is 22.5. The van der Waals surface area contributed by atoms with Crippen molar-refractivity contribution >= 4 is 5.78 Å². The number of nitrogens with zero attached hydrogens (tertiary/aromatic N) is 7. The van der Waals surface area contributed by atoms with E-state index in [4.69, 9.17) is 24.0 Å². The van der Waals surface area contributed by atoms with Crippen molar-refractivity contribution in [3.8, 4) is 28.8 Å². The lowest BCUT2D eigenvalue weighted by molar-refractivity contribution is -0.128. The van der Waals surface area contributed by atoms with Crippen LogP contribution in [0, 0.1) is 0 Å². The van der Waals surface area contributed by atoms with E-state index in [0.29, 0.717) is 41.0 Å². The molecule has 3 aromatic rings. The molecule has 0 bridgehead atoms. The molecule has 0 amide bonds. The number of aryl methyl sites for hydroxylation is 1. The Hall–Kier alpha value is -3.18. The Bertz CT molecular complexity index is 1340. The third kappa shape index (κ3) is 4.31. The molecule has 2 fully saturated rings. The average Bonchev–Trinajstić information content (AvgIpc) is 3.64. The van der Waals surface area contributed by atoms with Crippen molar-refractivity contribution in [3.05, 3.63) is 23.6 Å². The number of likely N-dealkylation sites (N-methyl/N-ethyl adjacent to an activating group) is 1. The van der Waals surface area contributed by atoms with Gasteiger partial charge in [-0.15, -0.1) is 0 Å². The fourth-order valence-corrected chi connectivity index (χ4v) is 6.52. The van der Waals surface area contributed by atoms with Gasteiger partial charge < -0.3 is 14.0 Å². The number of ketones is 1. The van der Waals surface area contributed by atoms with Crippen LogP contribution in [0.2, 0.25) is 0 Å². The summed E-state index contributed by atoms with van der Waals surface area (Å²) in [7, 11) is 5.60. The van der Waals surface area contributed by atoms with Crippen LogP contribution in [0.1, 0.15) is 63.2 Å². The number of rotatable bonds is 6. The molecular weight excluding hydrogens is 486 g/mol. The first-order valence-electron chi connectivity index (χ1n) is 13.6. The van der Waals surface area contributed by atoms with Gasteiger partial charge in [-0.25, -0.2) is 4.98 Å². The van der Waals surface area contributed by atoms with E-state index < -0.39 is 5.41 Å². The molecule has 1 saturated carbocycles. The standard InChI is InChI=1S/C27H35N7O4/c1-16(21-12-17(36-4)15-33(21)2)37-23-13-19(20-14-28-34(3)31-20)29-26(30-23)24-18-8-7-11-27(25(18)38-32-24)10-6-5-9-22(27)35/h13-14,16-17,21H,5-12,15H2,1-4H3/t16-,17+,21-,27+/m0/s1. The number of carbonyl (C=O) groups is 1. The quantitative estimate of drug-likeness (QED) is 0.478. The Morgan fingerprint density at radius 1 is 1.13 bits per heavy atom. The molecule has 0 radical (unpaired) electrons. The number of aromatic nitrogens is 6. The van der Waals surface area contributed by atoms with Crippen LogP contribution < -0.4 is 4.74 Å². The molecule has 0 unspecified atom stereocenters. The summed E-state index contributed by atoms with van der Waals surface area (Å²) in [5.74, 6) is 1.84. The molecule has 11 heteroatoms. The number of likely N-dealkylation sites (tertiary alicyclic amines) is 1. The van der Waals surface area contributed by atoms with Crippen molar-refractivity contribution in [2.24, 2.45) is 7.05 Å². The van der Waals surface area contributed by atoms with Crippen molar-refractivity contribution in [1.29, 1.82) is 0 Å². The lowest BCUT2D eigenvalue weighted by Crippen LogP contribution is -2.41. The monoisotopic (exact) mass is 521 g/mol. The normalized spacial score (nSPS) is 26.6. The van der Waals surface area contributed by atoms with Gasteiger partial charge in [0.2, 0.25) is 5.88 Å². The minimum absolute atomic E-state index is 0.132. The Kier molecular flexibility index (Phi) is 6.51. The summed E-state index contributed by atoms with van der Waals surface area (Å²) in [6.45, 7) is 2.92. The second kappa shape index (κ2) is 9.85. The van der Waals surface area contributed by atoms with Gasteiger partial charge in [0.1, 0.15) is 23.3 Å². The van der Waals surface area contributed by atoms with E-state index in [9.17, 15) is 4.79 Å². The maximum atomic E-state index is 13.1. The summed E-state index contributed by atoms with van der Waals surface area (Å²) in [5, 5.41) is 13.1. The Morgan fingerprint density at radius 3 is 2.71 bits per heavy atom. The molecule has 11 nitrogen and oxygen atoms in total. The van der Waals surface area contributed by atoms with Gasteiger partial charge in [0.25, 0.3) is 0 Å². The SMILES string of the molecule is CO[C@@H]1C[C@@H]([C@H](C)Oc2cc(-c3cnn(C)n3)nc(-c3noc4c3CCC[C@@]43CCCCC3=O)n2)N(C)C1. The number of Topliss-reactive ketones (excluding diaryl/α,β-unsaturated/α-hetero) is 1. The number of hydrogen-bond acceptors (Lipinski definition) is 10. The third-order valence-electron chi connectivity index (χ3n) is 8.56. The third-order valence-corrected chi connectivity index (χ3v) is 8.56. The van der Waals surface area contributed by atoms with E-state index >= 15 is 0 Å². The lowest BCUT2D eigenvalue weighted by atomic mass is 9.64. The predicted molar refractivity (Wildman–Crippen MR) is 138 cm³/mol. The highest BCUT2D eigenvalue weighted by Gasteiger charge is 2.48. The maximum absolute atomic E-state index is 13.1. The molecule has 38 heavy (non-hydrogen) atoms. The van der Waals surface area contributed by atoms with Gasteiger partial charge in [-0.2, -0.15) is 20.0 Å². The molecule has 4 heterocycles. The number of carbonyl (C=O) groups excluding carboxylic acids is 1. The second-order valence-electron chi connectivity index (χ2n) is 11.0. The first-order chi connectivity index (χ1) is 18.4. The van der Waals surface area contributed by atoms with Crippen LogP contribution in [0.3, 0.4) is 0 Å². The summed E-state index contributed by atoms with van der Waals surface area (Å²) in [6.07, 6.45) is 8.49. The zero-order valence-electron chi connectivity index (χ0n) is 22.5. The minimum atomic E-state index is -0.557. The van der Waals surface area contributed by atoms with E-state index in [2.05, 4.69) is 34.2 Å². The van der Waals surface area contributed by atoms with Gasteiger partial charge in [-0.3, -0.25) is 9.69 Å². The van der Waals surface area contributed by atoms with E-state index in [0.717, 1.165) is 57.1 Å². The Balaban J connectivity index is 1.38. The van der Waals surface area contributed by atoms with Crippen molar-refractivity contribution in [2.45, 2.75) is 82.0 Å². The summed E-state index contributed by atoms with van der Waals surface area (Å²) in [4.78, 5) is 26.5. The number of methoxy groups -OCH3 is 1. The molecule has 0 N–H and O–H groups in total. The molecule has 1 saturated heterocycles. The molecule has 3 aromatic heterocycles. The molecule has 1 aliphatic heterocycles. The molecule has 202 valence electrons. The van der Waals surface area contributed by atoms with Crippen LogP contribution in [0.4, 0.5) is 0 Å². The first kappa shape index (κ1) is 25.1. The lowest BCUT2D eigenvalue weighted by Gasteiger charge is -2.36. The topological polar surface area (TPSA) is 121 Å². The number of hydrogen-bond donors (Lipinski definition) is 0. The van der Waals surface area contributed by atoms with Crippen molar-refractivity contribution < 1.29 is 18.8 Å². The number of fused-ring (bicyclic) bond motifs is 2. The molecular formula is C27H35N7O4. The highest BCUT2D eigenvalue weighted by Crippen LogP contribution is 2.47. The van der Waals surface area contributed by atoms with Crippen molar-refractivity contribution in [1.82, 2.24) is 35.0 Å². The fourth-order valence-electron chi connectivity index (χ4n) is 6.52. The molecule has 6 rings (SSSR count). The summed E-state index contributed by atoms with van der Waals surface area (Å²) < 4.78 is 18.0. The van der Waals surface area contributed by atoms with Gasteiger partial charge in [0.15, 0.2) is 17.3 Å². The van der Waals surface area contributed by atoms with Crippen molar-refractivity contribution in [3.63, 3.8) is 0 Å². The van der Waals surface area contributed by atoms with Gasteiger partial charge in [0.05, 0.1) is 17.7 Å². The Morgan fingerprint density at radius 2 is 1.97 bits per heavy atom. The van der Waals surface area contributed by atoms with Gasteiger partial charge in [-0.05, 0) is 52.5 Å². The van der Waals surface area contributed by atoms with E-state index in [-0.39, 0.29) is 24.0 Å². The van der Waals surface area contributed by atoms with Crippen LogP contribution in [-0.2, 0) is 28.4 Å². The highest BCUT2D eigenvalue weighted by molar-refractivity contribution is 5.91. The predicted octanol–water partition coefficient (Wildman–Crippen LogP) is 3.13. The fraction of sp³-hybridized carbons (Fsp3) is 0.630. The van der Waals surface area contributed by atoms with Crippen LogP contribution >= 0.6 is 0 Å². The van der Waals surface area contributed by atoms with Crippen LogP contribution in [0.5, 0.6) is 5.88 Å². The van der Waals surface area contributed by atoms with E-state index in [1.54, 1.807) is 26.4 Å². The van der Waals surface area contributed by atoms with Crippen molar-refractivity contribution in [2.75, 3.05) is 20.7 Å². The summed E-state index contributed by atoms with van der Waals surface area (Å²) >= 11 is 0. The number of ether oxygens (including phenoxy) is 2. The summed E-state index contributed by atoms with van der Waals surface area (Å²) in [5.41, 5.74) is 2.18. The van der Waals surface area contributed by atoms with Crippen LogP contribution in [-0.4, -0.2) is 79.8 Å². The Labute approximate surface area is 221 Å². The molecule has 0 aromatic carbocycles. The smallest absolute Gasteiger partial charge is 0.217 e. The molecule has 3 aliphatic rings. The van der Waals surface area contributed by atoms with Crippen LogP contribution in [0.25, 0.3) is 22.9 Å². The highest BCUT2D eigenvalue weighted by atomic mass is 16.5. The van der Waals surface area contributed by atoms with Crippen LogP contribution in [0.15, 0.2) is 16.8 Å². The van der Waals surface area contributed by atoms with Gasteiger partial charge in [-0.1, -0.05) is 11.6 Å². The molecule has 4 atom stereocenters. The zero-order chi connectivity index (χ0) is 26.4. The average molecular weight is 522 g/mol. The first-order valence-corrected chi connectivity index (χ1v) is 13.6. The van der Waals surface area contributed by atoms with Gasteiger partial charge >= 0.3 is 0 Å². The maximum Gasteiger partial charge on any atom is 0.217 e. The summed E-state index contributed by atoms with van der Waals surface area (Å²) in [6, 6.07) is 1.99. The molecule has 1 spiro atoms. The minimum Gasteiger partial charge on any atom is -0.473 e. The van der Waals surface area contributed by atoms with Gasteiger partial charge in [0, 0.05) is 44.8 Å². The molecule has 2 aliphatic carbocycles. The largest absolute Gasteiger partial charge is 0.473 e. The van der Waals surface area contributed by atoms with E-state index in [1.165, 1.54) is 4.80 Å².